The molecule has 0 saturated carbocycles. The third-order valence-electron chi connectivity index (χ3n) is 2.77. The van der Waals surface area contributed by atoms with Gasteiger partial charge in [-0.15, -0.1) is 13.2 Å². The average molecular weight is 240 g/mol. The number of nitrogens with one attached hydrogen (secondary N) is 1. The van der Waals surface area contributed by atoms with Crippen LogP contribution in [0.25, 0.3) is 0 Å². The highest BCUT2D eigenvalue weighted by Gasteiger charge is 2.30. The molecule has 1 heterocycles. The van der Waals surface area contributed by atoms with Gasteiger partial charge in [-0.3, -0.25) is 9.64 Å². The van der Waals surface area contributed by atoms with E-state index in [1.54, 1.807) is 0 Å². The first-order chi connectivity index (χ1) is 7.53. The number of alkyl halides is 3. The Labute approximate surface area is 93.9 Å². The summed E-state index contributed by atoms with van der Waals surface area (Å²) in [5, 5.41) is 3.22. The molecule has 1 atom stereocenters. The fourth-order valence-corrected chi connectivity index (χ4v) is 2.01. The van der Waals surface area contributed by atoms with E-state index in [0.717, 1.165) is 32.5 Å². The number of halogens is 3. The molecular weight excluding hydrogens is 221 g/mol. The Balaban J connectivity index is 2.19. The molecule has 0 bridgehead atoms. The largest absolute Gasteiger partial charge is 0.522 e. The minimum absolute atomic E-state index is 0.272. The van der Waals surface area contributed by atoms with Gasteiger partial charge in [-0.25, -0.2) is 0 Å². The number of rotatable bonds is 6. The van der Waals surface area contributed by atoms with E-state index < -0.39 is 6.36 Å². The topological polar surface area (TPSA) is 24.5 Å². The Bertz CT molecular complexity index is 199. The Morgan fingerprint density at radius 3 is 2.81 bits per heavy atom. The molecule has 1 unspecified atom stereocenters. The first kappa shape index (κ1) is 13.7. The summed E-state index contributed by atoms with van der Waals surface area (Å²) in [6.07, 6.45) is -2.39. The summed E-state index contributed by atoms with van der Waals surface area (Å²) in [4.78, 5) is 2.06. The molecule has 1 aliphatic rings. The van der Waals surface area contributed by atoms with Crippen LogP contribution in [0.2, 0.25) is 0 Å². The number of likely N-dealkylation sites (N-methyl/N-ethyl adjacent to an activating group) is 1. The zero-order valence-corrected chi connectivity index (χ0v) is 9.52. The lowest BCUT2D eigenvalue weighted by molar-refractivity contribution is -0.325. The monoisotopic (exact) mass is 240 g/mol. The quantitative estimate of drug-likeness (QED) is 0.763. The second-order valence-electron chi connectivity index (χ2n) is 3.93. The van der Waals surface area contributed by atoms with Crippen LogP contribution in [0.1, 0.15) is 19.8 Å². The van der Waals surface area contributed by atoms with Gasteiger partial charge in [0.2, 0.25) is 0 Å². The number of nitrogens with zero attached hydrogens (tertiary/aromatic N) is 1. The molecule has 0 spiro atoms. The Kier molecular flexibility index (Phi) is 5.51. The van der Waals surface area contributed by atoms with Crippen LogP contribution in [0, 0.1) is 0 Å². The van der Waals surface area contributed by atoms with Crippen LogP contribution >= 0.6 is 0 Å². The number of ether oxygens (including phenoxy) is 1. The third kappa shape index (κ3) is 5.14. The zero-order valence-electron chi connectivity index (χ0n) is 9.52. The molecule has 1 fully saturated rings. The molecule has 6 heteroatoms. The predicted octanol–water partition coefficient (Wildman–Crippen LogP) is 1.60. The molecule has 0 aliphatic carbocycles. The van der Waals surface area contributed by atoms with Crippen molar-refractivity contribution in [2.24, 2.45) is 0 Å². The number of likely N-dealkylation sites (tertiary alicyclic amines) is 1. The standard InChI is InChI=1S/C10H19F3N2O/c1-2-14-8-9-4-3-5-15(9)6-7-16-10(11,12)13/h9,14H,2-8H2,1H3. The van der Waals surface area contributed by atoms with Gasteiger partial charge < -0.3 is 5.32 Å². The molecule has 0 amide bonds. The lowest BCUT2D eigenvalue weighted by Crippen LogP contribution is -2.40. The summed E-state index contributed by atoms with van der Waals surface area (Å²) in [5.41, 5.74) is 0. The van der Waals surface area contributed by atoms with E-state index in [0.29, 0.717) is 12.6 Å². The van der Waals surface area contributed by atoms with Gasteiger partial charge in [0.25, 0.3) is 0 Å². The minimum Gasteiger partial charge on any atom is -0.315 e. The first-order valence-corrected chi connectivity index (χ1v) is 5.68. The highest BCUT2D eigenvalue weighted by molar-refractivity contribution is 4.80. The molecule has 1 aliphatic heterocycles. The molecule has 1 rings (SSSR count). The predicted molar refractivity (Wildman–Crippen MR) is 55.1 cm³/mol. The summed E-state index contributed by atoms with van der Waals surface area (Å²) >= 11 is 0. The Morgan fingerprint density at radius 1 is 1.44 bits per heavy atom. The molecule has 1 N–H and O–H groups in total. The van der Waals surface area contributed by atoms with Crippen LogP contribution < -0.4 is 5.32 Å². The summed E-state index contributed by atoms with van der Waals surface area (Å²) in [7, 11) is 0. The van der Waals surface area contributed by atoms with E-state index in [2.05, 4.69) is 15.0 Å². The van der Waals surface area contributed by atoms with E-state index in [9.17, 15) is 13.2 Å². The molecule has 96 valence electrons. The van der Waals surface area contributed by atoms with Crippen LogP contribution in [0.15, 0.2) is 0 Å². The molecule has 0 aromatic rings. The van der Waals surface area contributed by atoms with Gasteiger partial charge in [-0.2, -0.15) is 0 Å². The smallest absolute Gasteiger partial charge is 0.315 e. The fraction of sp³-hybridized carbons (Fsp3) is 1.00. The van der Waals surface area contributed by atoms with Gasteiger partial charge >= 0.3 is 6.36 Å². The fourth-order valence-electron chi connectivity index (χ4n) is 2.01. The van der Waals surface area contributed by atoms with Gasteiger partial charge in [-0.05, 0) is 25.9 Å². The summed E-state index contributed by atoms with van der Waals surface area (Å²) < 4.78 is 39.1. The van der Waals surface area contributed by atoms with E-state index >= 15 is 0 Å². The van der Waals surface area contributed by atoms with Gasteiger partial charge in [0, 0.05) is 19.1 Å². The van der Waals surface area contributed by atoms with E-state index in [1.807, 2.05) is 6.92 Å². The van der Waals surface area contributed by atoms with Crippen LogP contribution in [0.5, 0.6) is 0 Å². The maximum atomic E-state index is 11.8. The summed E-state index contributed by atoms with van der Waals surface area (Å²) in [6, 6.07) is 0.358. The Hall–Kier alpha value is -0.330. The molecular formula is C10H19F3N2O. The molecule has 0 aromatic carbocycles. The second kappa shape index (κ2) is 6.42. The molecule has 3 nitrogen and oxygen atoms in total. The average Bonchev–Trinajstić information content (AvgIpc) is 2.60. The van der Waals surface area contributed by atoms with Crippen molar-refractivity contribution >= 4 is 0 Å². The lowest BCUT2D eigenvalue weighted by atomic mass is 10.2. The summed E-state index contributed by atoms with van der Waals surface area (Å²) in [5.74, 6) is 0. The number of hydrogen-bond acceptors (Lipinski definition) is 3. The van der Waals surface area contributed by atoms with Crippen LogP contribution in [0.3, 0.4) is 0 Å². The number of hydrogen-bond donors (Lipinski definition) is 1. The second-order valence-corrected chi connectivity index (χ2v) is 3.93. The molecule has 1 saturated heterocycles. The van der Waals surface area contributed by atoms with Crippen molar-refractivity contribution in [3.05, 3.63) is 0 Å². The third-order valence-corrected chi connectivity index (χ3v) is 2.77. The van der Waals surface area contributed by atoms with Gasteiger partial charge in [0.15, 0.2) is 0 Å². The van der Waals surface area contributed by atoms with Crippen LogP contribution in [0.4, 0.5) is 13.2 Å². The lowest BCUT2D eigenvalue weighted by Gasteiger charge is -2.24. The minimum atomic E-state index is -4.50. The molecule has 16 heavy (non-hydrogen) atoms. The van der Waals surface area contributed by atoms with E-state index in [1.165, 1.54) is 0 Å². The summed E-state index contributed by atoms with van der Waals surface area (Å²) in [6.45, 7) is 4.72. The maximum absolute atomic E-state index is 11.8. The maximum Gasteiger partial charge on any atom is 0.522 e. The van der Waals surface area contributed by atoms with E-state index in [4.69, 9.17) is 0 Å². The van der Waals surface area contributed by atoms with Crippen LogP contribution in [-0.4, -0.2) is 50.1 Å². The van der Waals surface area contributed by atoms with Crippen molar-refractivity contribution in [1.29, 1.82) is 0 Å². The van der Waals surface area contributed by atoms with Crippen molar-refractivity contribution in [3.63, 3.8) is 0 Å². The Morgan fingerprint density at radius 2 is 2.19 bits per heavy atom. The van der Waals surface area contributed by atoms with Crippen molar-refractivity contribution in [2.75, 3.05) is 32.8 Å². The highest BCUT2D eigenvalue weighted by atomic mass is 19.4. The van der Waals surface area contributed by atoms with Crippen LogP contribution in [-0.2, 0) is 4.74 Å². The zero-order chi connectivity index (χ0) is 12.0. The first-order valence-electron chi connectivity index (χ1n) is 5.68. The van der Waals surface area contributed by atoms with Crippen molar-refractivity contribution < 1.29 is 17.9 Å². The van der Waals surface area contributed by atoms with E-state index in [-0.39, 0.29) is 6.61 Å². The van der Waals surface area contributed by atoms with Gasteiger partial charge in [0.1, 0.15) is 0 Å². The van der Waals surface area contributed by atoms with Gasteiger partial charge in [-0.1, -0.05) is 6.92 Å². The highest BCUT2D eigenvalue weighted by Crippen LogP contribution is 2.18. The van der Waals surface area contributed by atoms with Crippen molar-refractivity contribution in [1.82, 2.24) is 10.2 Å². The SMILES string of the molecule is CCNCC1CCCN1CCOC(F)(F)F. The van der Waals surface area contributed by atoms with Gasteiger partial charge in [0.05, 0.1) is 6.61 Å². The molecule has 0 radical (unpaired) electrons. The van der Waals surface area contributed by atoms with Crippen molar-refractivity contribution in [3.8, 4) is 0 Å². The normalized spacial score (nSPS) is 22.9. The molecule has 0 aromatic heterocycles. The van der Waals surface area contributed by atoms with Crippen molar-refractivity contribution in [2.45, 2.75) is 32.2 Å².